The number of benzene rings is 1. The summed E-state index contributed by atoms with van der Waals surface area (Å²) in [5.74, 6) is -0.117. The van der Waals surface area contributed by atoms with Crippen LogP contribution in [-0.2, 0) is 0 Å². The maximum Gasteiger partial charge on any atom is 0.265 e. The van der Waals surface area contributed by atoms with Gasteiger partial charge in [0.05, 0.1) is 0 Å². The lowest BCUT2D eigenvalue weighted by molar-refractivity contribution is 0.0957. The van der Waals surface area contributed by atoms with Crippen molar-refractivity contribution in [3.8, 4) is 11.3 Å². The third-order valence-corrected chi connectivity index (χ3v) is 3.60. The molecule has 1 aromatic heterocycles. The quantitative estimate of drug-likeness (QED) is 0.860. The summed E-state index contributed by atoms with van der Waals surface area (Å²) in [4.78, 5) is 12.6. The Balaban J connectivity index is 2.17. The predicted octanol–water partition coefficient (Wildman–Crippen LogP) is 3.39. The topological polar surface area (TPSA) is 54.9 Å². The fourth-order valence-corrected chi connectivity index (χ4v) is 2.33. The highest BCUT2D eigenvalue weighted by Gasteiger charge is 2.17. The maximum absolute atomic E-state index is 12.0. The van der Waals surface area contributed by atoms with E-state index < -0.39 is 0 Å². The molecule has 2 rings (SSSR count). The van der Waals surface area contributed by atoms with Gasteiger partial charge in [0, 0.05) is 17.1 Å². The van der Waals surface area contributed by atoms with E-state index >= 15 is 0 Å². The van der Waals surface area contributed by atoms with Crippen molar-refractivity contribution in [2.45, 2.75) is 19.8 Å². The molecule has 1 N–H and O–H groups in total. The van der Waals surface area contributed by atoms with Crippen molar-refractivity contribution in [1.82, 2.24) is 14.9 Å². The molecule has 19 heavy (non-hydrogen) atoms. The van der Waals surface area contributed by atoms with Crippen LogP contribution in [0.5, 0.6) is 0 Å². The van der Waals surface area contributed by atoms with Crippen molar-refractivity contribution in [3.63, 3.8) is 0 Å². The van der Waals surface area contributed by atoms with Gasteiger partial charge in [-0.2, -0.15) is 0 Å². The molecule has 6 heteroatoms. The van der Waals surface area contributed by atoms with Gasteiger partial charge in [0.2, 0.25) is 0 Å². The zero-order valence-corrected chi connectivity index (χ0v) is 12.1. The van der Waals surface area contributed by atoms with Crippen LogP contribution in [0.25, 0.3) is 11.3 Å². The predicted molar refractivity (Wildman–Crippen MR) is 77.6 cm³/mol. The van der Waals surface area contributed by atoms with Crippen LogP contribution in [0.2, 0.25) is 5.02 Å². The highest BCUT2D eigenvalue weighted by Crippen LogP contribution is 2.25. The molecular formula is C13H14ClN3OS. The van der Waals surface area contributed by atoms with Crippen molar-refractivity contribution in [3.05, 3.63) is 34.2 Å². The molecule has 4 nitrogen and oxygen atoms in total. The van der Waals surface area contributed by atoms with Gasteiger partial charge >= 0.3 is 0 Å². The minimum absolute atomic E-state index is 0.117. The highest BCUT2D eigenvalue weighted by molar-refractivity contribution is 7.08. The average molecular weight is 296 g/mol. The first-order valence-electron chi connectivity index (χ1n) is 6.09. The number of hydrogen-bond acceptors (Lipinski definition) is 4. The van der Waals surface area contributed by atoms with Gasteiger partial charge < -0.3 is 5.32 Å². The van der Waals surface area contributed by atoms with E-state index in [-0.39, 0.29) is 5.91 Å². The molecule has 0 aliphatic carbocycles. The average Bonchev–Trinajstić information content (AvgIpc) is 2.89. The van der Waals surface area contributed by atoms with Gasteiger partial charge in [0.25, 0.3) is 5.91 Å². The Labute approximate surface area is 121 Å². The van der Waals surface area contributed by atoms with E-state index in [1.807, 2.05) is 12.1 Å². The molecule has 1 heterocycles. The number of halogens is 1. The Hall–Kier alpha value is -1.46. The lowest BCUT2D eigenvalue weighted by Gasteiger charge is -2.03. The lowest BCUT2D eigenvalue weighted by Crippen LogP contribution is -2.23. The standard InChI is InChI=1S/C13H14ClN3OS/c1-2-3-8-15-13(18)12-11(16-17-19-12)9-4-6-10(14)7-5-9/h4-7H,2-3,8H2,1H3,(H,15,18). The monoisotopic (exact) mass is 295 g/mol. The largest absolute Gasteiger partial charge is 0.351 e. The molecule has 100 valence electrons. The number of carbonyl (C=O) groups is 1. The van der Waals surface area contributed by atoms with Crippen LogP contribution in [0.15, 0.2) is 24.3 Å². The molecule has 0 fully saturated rings. The first-order chi connectivity index (χ1) is 9.22. The number of hydrogen-bond donors (Lipinski definition) is 1. The summed E-state index contributed by atoms with van der Waals surface area (Å²) in [5.41, 5.74) is 1.45. The Morgan fingerprint density at radius 2 is 2.11 bits per heavy atom. The summed E-state index contributed by atoms with van der Waals surface area (Å²) < 4.78 is 3.87. The number of nitrogens with one attached hydrogen (secondary N) is 1. The molecule has 0 saturated heterocycles. The third-order valence-electron chi connectivity index (χ3n) is 2.63. The van der Waals surface area contributed by atoms with E-state index in [1.54, 1.807) is 12.1 Å². The van der Waals surface area contributed by atoms with Gasteiger partial charge in [-0.15, -0.1) is 5.10 Å². The second-order valence-electron chi connectivity index (χ2n) is 4.07. The molecule has 2 aromatic rings. The molecular weight excluding hydrogens is 282 g/mol. The number of aromatic nitrogens is 2. The highest BCUT2D eigenvalue weighted by atomic mass is 35.5. The van der Waals surface area contributed by atoms with Crippen LogP contribution >= 0.6 is 23.1 Å². The summed E-state index contributed by atoms with van der Waals surface area (Å²) in [7, 11) is 0. The summed E-state index contributed by atoms with van der Waals surface area (Å²) in [6, 6.07) is 7.22. The Morgan fingerprint density at radius 3 is 2.79 bits per heavy atom. The molecule has 0 aliphatic heterocycles. The van der Waals surface area contributed by atoms with Crippen molar-refractivity contribution >= 4 is 29.0 Å². The third kappa shape index (κ3) is 3.52. The number of carbonyl (C=O) groups excluding carboxylic acids is 1. The van der Waals surface area contributed by atoms with E-state index in [0.717, 1.165) is 29.9 Å². The van der Waals surface area contributed by atoms with E-state index in [4.69, 9.17) is 11.6 Å². The minimum atomic E-state index is -0.117. The zero-order chi connectivity index (χ0) is 13.7. The van der Waals surface area contributed by atoms with E-state index in [0.29, 0.717) is 22.1 Å². The molecule has 0 atom stereocenters. The van der Waals surface area contributed by atoms with Gasteiger partial charge in [-0.3, -0.25) is 4.79 Å². The number of rotatable bonds is 5. The summed E-state index contributed by atoms with van der Waals surface area (Å²) in [6.45, 7) is 2.76. The Morgan fingerprint density at radius 1 is 1.37 bits per heavy atom. The van der Waals surface area contributed by atoms with Crippen LogP contribution in [0.1, 0.15) is 29.4 Å². The van der Waals surface area contributed by atoms with Gasteiger partial charge in [-0.05, 0) is 30.1 Å². The molecule has 0 spiro atoms. The lowest BCUT2D eigenvalue weighted by atomic mass is 10.1. The second kappa shape index (κ2) is 6.63. The minimum Gasteiger partial charge on any atom is -0.351 e. The van der Waals surface area contributed by atoms with E-state index in [9.17, 15) is 4.79 Å². The molecule has 0 aliphatic rings. The van der Waals surface area contributed by atoms with E-state index in [2.05, 4.69) is 21.8 Å². The number of amides is 1. The molecule has 0 saturated carbocycles. The number of unbranched alkanes of at least 4 members (excludes halogenated alkanes) is 1. The van der Waals surface area contributed by atoms with Crippen LogP contribution in [-0.4, -0.2) is 22.0 Å². The summed E-state index contributed by atoms with van der Waals surface area (Å²) in [5, 5.41) is 7.56. The van der Waals surface area contributed by atoms with Gasteiger partial charge in [-0.1, -0.05) is 41.6 Å². The summed E-state index contributed by atoms with van der Waals surface area (Å²) in [6.07, 6.45) is 2.01. The molecule has 0 radical (unpaired) electrons. The number of nitrogens with zero attached hydrogens (tertiary/aromatic N) is 2. The fourth-order valence-electron chi connectivity index (χ4n) is 1.60. The summed E-state index contributed by atoms with van der Waals surface area (Å²) >= 11 is 6.96. The first-order valence-corrected chi connectivity index (χ1v) is 7.24. The SMILES string of the molecule is CCCCNC(=O)c1snnc1-c1ccc(Cl)cc1. The van der Waals surface area contributed by atoms with Crippen molar-refractivity contribution in [2.24, 2.45) is 0 Å². The Kier molecular flexibility index (Phi) is 4.87. The van der Waals surface area contributed by atoms with Crippen molar-refractivity contribution < 1.29 is 4.79 Å². The Bertz CT molecular complexity index is 553. The second-order valence-corrected chi connectivity index (χ2v) is 5.26. The zero-order valence-electron chi connectivity index (χ0n) is 10.5. The molecule has 1 amide bonds. The van der Waals surface area contributed by atoms with Crippen LogP contribution in [0.3, 0.4) is 0 Å². The molecule has 1 aromatic carbocycles. The van der Waals surface area contributed by atoms with Crippen LogP contribution in [0.4, 0.5) is 0 Å². The van der Waals surface area contributed by atoms with Gasteiger partial charge in [0.1, 0.15) is 10.6 Å². The van der Waals surface area contributed by atoms with E-state index in [1.165, 1.54) is 0 Å². The smallest absolute Gasteiger partial charge is 0.265 e. The first kappa shape index (κ1) is 14.0. The fraction of sp³-hybridized carbons (Fsp3) is 0.308. The molecule has 0 unspecified atom stereocenters. The van der Waals surface area contributed by atoms with Gasteiger partial charge in [0.15, 0.2) is 0 Å². The maximum atomic E-state index is 12.0. The van der Waals surface area contributed by atoms with Crippen molar-refractivity contribution in [1.29, 1.82) is 0 Å². The van der Waals surface area contributed by atoms with Crippen LogP contribution in [0, 0.1) is 0 Å². The molecule has 0 bridgehead atoms. The van der Waals surface area contributed by atoms with Gasteiger partial charge in [-0.25, -0.2) is 0 Å². The normalized spacial score (nSPS) is 10.4. The van der Waals surface area contributed by atoms with Crippen LogP contribution < -0.4 is 5.32 Å². The van der Waals surface area contributed by atoms with Crippen molar-refractivity contribution in [2.75, 3.05) is 6.54 Å².